The van der Waals surface area contributed by atoms with Gasteiger partial charge in [0.05, 0.1) is 10.6 Å². The van der Waals surface area contributed by atoms with Crippen LogP contribution in [0.25, 0.3) is 5.69 Å². The van der Waals surface area contributed by atoms with Crippen molar-refractivity contribution in [2.24, 2.45) is 0 Å². The molecule has 0 aliphatic heterocycles. The Morgan fingerprint density at radius 1 is 1.33 bits per heavy atom. The monoisotopic (exact) mass is 319 g/mol. The summed E-state index contributed by atoms with van der Waals surface area (Å²) in [5.74, 6) is 0.581. The minimum atomic E-state index is -0.382. The number of hydrogen-bond donors (Lipinski definition) is 0. The van der Waals surface area contributed by atoms with Gasteiger partial charge in [0.25, 0.3) is 0 Å². The van der Waals surface area contributed by atoms with Crippen molar-refractivity contribution in [1.29, 1.82) is 0 Å². The van der Waals surface area contributed by atoms with E-state index in [1.165, 1.54) is 11.8 Å². The van der Waals surface area contributed by atoms with E-state index in [1.807, 2.05) is 30.3 Å². The Morgan fingerprint density at radius 3 is 2.86 bits per heavy atom. The number of aromatic nitrogens is 4. The normalized spacial score (nSPS) is 10.7. The largest absolute Gasteiger partial charge is 0.324 e. The van der Waals surface area contributed by atoms with Crippen molar-refractivity contribution in [2.45, 2.75) is 10.9 Å². The van der Waals surface area contributed by atoms with E-state index in [1.54, 1.807) is 16.1 Å². The molecule has 0 bridgehead atoms. The maximum absolute atomic E-state index is 10.7. The van der Waals surface area contributed by atoms with Crippen molar-refractivity contribution in [2.75, 3.05) is 0 Å². The van der Waals surface area contributed by atoms with Crippen molar-refractivity contribution in [1.82, 2.24) is 20.2 Å². The Morgan fingerprint density at radius 2 is 2.14 bits per heavy atom. The van der Waals surface area contributed by atoms with E-state index < -0.39 is 0 Å². The lowest BCUT2D eigenvalue weighted by atomic mass is 10.3. The molecule has 0 fully saturated rings. The first-order valence-corrected chi connectivity index (χ1v) is 7.79. The van der Waals surface area contributed by atoms with Crippen LogP contribution in [0.2, 0.25) is 0 Å². The third kappa shape index (κ3) is 3.09. The second kappa shape index (κ2) is 6.02. The predicted molar refractivity (Wildman–Crippen MR) is 79.7 cm³/mol. The third-order valence-electron chi connectivity index (χ3n) is 2.63. The molecule has 0 radical (unpaired) electrons. The molecule has 7 nitrogen and oxygen atoms in total. The van der Waals surface area contributed by atoms with E-state index in [9.17, 15) is 10.1 Å². The summed E-state index contributed by atoms with van der Waals surface area (Å²) >= 11 is 2.56. The molecule has 0 aliphatic carbocycles. The minimum absolute atomic E-state index is 0.147. The molecule has 2 heterocycles. The molecule has 0 spiro atoms. The maximum atomic E-state index is 10.7. The van der Waals surface area contributed by atoms with Gasteiger partial charge in [-0.25, -0.2) is 0 Å². The summed E-state index contributed by atoms with van der Waals surface area (Å²) in [6, 6.07) is 11.1. The van der Waals surface area contributed by atoms with E-state index in [4.69, 9.17) is 0 Å². The molecular weight excluding hydrogens is 310 g/mol. The van der Waals surface area contributed by atoms with E-state index in [0.717, 1.165) is 22.6 Å². The van der Waals surface area contributed by atoms with Gasteiger partial charge in [0.15, 0.2) is 0 Å². The number of nitro groups is 1. The lowest BCUT2D eigenvalue weighted by Crippen LogP contribution is -1.98. The summed E-state index contributed by atoms with van der Waals surface area (Å²) in [7, 11) is 0. The van der Waals surface area contributed by atoms with Crippen molar-refractivity contribution in [3.63, 3.8) is 0 Å². The Kier molecular flexibility index (Phi) is 3.93. The first-order chi connectivity index (χ1) is 10.2. The molecule has 21 heavy (non-hydrogen) atoms. The van der Waals surface area contributed by atoms with E-state index in [2.05, 4.69) is 15.5 Å². The molecule has 0 N–H and O–H groups in total. The van der Waals surface area contributed by atoms with Crippen LogP contribution < -0.4 is 0 Å². The van der Waals surface area contributed by atoms with Crippen molar-refractivity contribution >= 4 is 28.1 Å². The highest BCUT2D eigenvalue weighted by atomic mass is 32.2. The van der Waals surface area contributed by atoms with Crippen molar-refractivity contribution < 1.29 is 4.92 Å². The molecule has 2 aromatic heterocycles. The Hall–Kier alpha value is -2.26. The van der Waals surface area contributed by atoms with Crippen LogP contribution in [0.3, 0.4) is 0 Å². The quantitative estimate of drug-likeness (QED) is 0.408. The number of tetrazole rings is 1. The van der Waals surface area contributed by atoms with Gasteiger partial charge >= 0.3 is 5.00 Å². The fourth-order valence-electron chi connectivity index (χ4n) is 1.68. The summed E-state index contributed by atoms with van der Waals surface area (Å²) in [5, 5.41) is 24.9. The predicted octanol–water partition coefficient (Wildman–Crippen LogP) is 2.92. The second-order valence-electron chi connectivity index (χ2n) is 4.05. The minimum Gasteiger partial charge on any atom is -0.258 e. The summed E-state index contributed by atoms with van der Waals surface area (Å²) in [6.07, 6.45) is 0. The number of nitrogens with zero attached hydrogens (tertiary/aromatic N) is 5. The number of thiophene rings is 1. The molecule has 0 aliphatic rings. The average molecular weight is 319 g/mol. The summed E-state index contributed by atoms with van der Waals surface area (Å²) in [5.41, 5.74) is 1.76. The van der Waals surface area contributed by atoms with E-state index in [-0.39, 0.29) is 9.92 Å². The number of hydrogen-bond acceptors (Lipinski definition) is 7. The highest BCUT2D eigenvalue weighted by molar-refractivity contribution is 7.98. The van der Waals surface area contributed by atoms with Crippen LogP contribution in [0.4, 0.5) is 5.00 Å². The molecule has 0 saturated carbocycles. The molecular formula is C12H9N5O2S2. The van der Waals surface area contributed by atoms with Crippen molar-refractivity contribution in [3.8, 4) is 5.69 Å². The summed E-state index contributed by atoms with van der Waals surface area (Å²) in [6.45, 7) is 0. The molecule has 9 heteroatoms. The lowest BCUT2D eigenvalue weighted by Gasteiger charge is -2.02. The molecule has 3 rings (SSSR count). The Labute approximate surface area is 127 Å². The zero-order valence-electron chi connectivity index (χ0n) is 10.6. The van der Waals surface area contributed by atoms with E-state index >= 15 is 0 Å². The molecule has 0 unspecified atom stereocenters. The number of rotatable bonds is 5. The smallest absolute Gasteiger partial charge is 0.258 e. The zero-order valence-corrected chi connectivity index (χ0v) is 12.3. The van der Waals surface area contributed by atoms with Crippen LogP contribution >= 0.6 is 23.1 Å². The van der Waals surface area contributed by atoms with Crippen LogP contribution in [0.5, 0.6) is 0 Å². The topological polar surface area (TPSA) is 86.7 Å². The van der Waals surface area contributed by atoms with Crippen LogP contribution in [0.15, 0.2) is 46.9 Å². The summed E-state index contributed by atoms with van der Waals surface area (Å²) in [4.78, 5) is 10.3. The Balaban J connectivity index is 1.74. The van der Waals surface area contributed by atoms with Crippen LogP contribution in [-0.4, -0.2) is 25.1 Å². The van der Waals surface area contributed by atoms with Crippen molar-refractivity contribution in [3.05, 3.63) is 57.5 Å². The number of para-hydroxylation sites is 1. The first kappa shape index (κ1) is 13.7. The summed E-state index contributed by atoms with van der Waals surface area (Å²) < 4.78 is 1.64. The molecule has 1 aromatic carbocycles. The fourth-order valence-corrected chi connectivity index (χ4v) is 3.34. The highest BCUT2D eigenvalue weighted by Gasteiger charge is 2.12. The van der Waals surface area contributed by atoms with Gasteiger partial charge in [-0.3, -0.25) is 10.1 Å². The van der Waals surface area contributed by atoms with Gasteiger partial charge in [-0.05, 0) is 28.1 Å². The van der Waals surface area contributed by atoms with Gasteiger partial charge in [0.2, 0.25) is 5.16 Å². The first-order valence-electron chi connectivity index (χ1n) is 5.92. The molecule has 0 atom stereocenters. The molecule has 0 saturated heterocycles. The van der Waals surface area contributed by atoms with Crippen LogP contribution in [-0.2, 0) is 5.75 Å². The SMILES string of the molecule is O=[N+]([O-])c1cc(CSc2nnnn2-c2ccccc2)cs1. The van der Waals surface area contributed by atoms with Gasteiger partial charge < -0.3 is 0 Å². The van der Waals surface area contributed by atoms with Gasteiger partial charge in [0.1, 0.15) is 0 Å². The molecule has 106 valence electrons. The maximum Gasteiger partial charge on any atom is 0.324 e. The van der Waals surface area contributed by atoms with Crippen LogP contribution in [0.1, 0.15) is 5.56 Å². The average Bonchev–Trinajstić information content (AvgIpc) is 3.15. The van der Waals surface area contributed by atoms with Gasteiger partial charge in [0, 0.05) is 17.2 Å². The number of thioether (sulfide) groups is 1. The lowest BCUT2D eigenvalue weighted by molar-refractivity contribution is -0.380. The van der Waals surface area contributed by atoms with Gasteiger partial charge in [-0.1, -0.05) is 41.3 Å². The van der Waals surface area contributed by atoms with Crippen LogP contribution in [0, 0.1) is 10.1 Å². The fraction of sp³-hybridized carbons (Fsp3) is 0.0833. The van der Waals surface area contributed by atoms with Gasteiger partial charge in [-0.15, -0.1) is 5.10 Å². The number of benzene rings is 1. The second-order valence-corrected chi connectivity index (χ2v) is 5.88. The van der Waals surface area contributed by atoms with Gasteiger partial charge in [-0.2, -0.15) is 4.68 Å². The third-order valence-corrected chi connectivity index (χ3v) is 4.55. The Bertz CT molecular complexity index is 756. The molecule has 0 amide bonds. The highest BCUT2D eigenvalue weighted by Crippen LogP contribution is 2.28. The van der Waals surface area contributed by atoms with E-state index in [0.29, 0.717) is 10.9 Å². The zero-order chi connectivity index (χ0) is 14.7. The standard InChI is InChI=1S/C12H9N5O2S2/c18-17(19)11-6-9(7-20-11)8-21-12-13-14-15-16(12)10-4-2-1-3-5-10/h1-7H,8H2. The molecule has 3 aromatic rings.